The number of hydrogen-bond acceptors (Lipinski definition) is 2. The molecule has 0 aliphatic heterocycles. The van der Waals surface area contributed by atoms with Crippen LogP contribution < -0.4 is 5.32 Å². The van der Waals surface area contributed by atoms with Crippen LogP contribution >= 0.6 is 27.5 Å². The minimum Gasteiger partial charge on any atom is -0.352 e. The van der Waals surface area contributed by atoms with Gasteiger partial charge in [-0.2, -0.15) is 0 Å². The zero-order valence-corrected chi connectivity index (χ0v) is 21.9. The summed E-state index contributed by atoms with van der Waals surface area (Å²) in [6, 6.07) is 24.3. The number of rotatable bonds is 10. The van der Waals surface area contributed by atoms with E-state index in [1.54, 1.807) is 17.0 Å². The number of benzene rings is 3. The molecule has 3 aromatic carbocycles. The van der Waals surface area contributed by atoms with E-state index in [0.29, 0.717) is 18.0 Å². The summed E-state index contributed by atoms with van der Waals surface area (Å²) >= 11 is 9.54. The molecule has 2 unspecified atom stereocenters. The first-order chi connectivity index (χ1) is 16.4. The highest BCUT2D eigenvalue weighted by Crippen LogP contribution is 2.20. The minimum absolute atomic E-state index is 0.0184. The monoisotopic (exact) mass is 540 g/mol. The molecule has 0 heterocycles. The second kappa shape index (κ2) is 12.7. The van der Waals surface area contributed by atoms with Crippen molar-refractivity contribution in [2.45, 2.75) is 51.7 Å². The van der Waals surface area contributed by atoms with Gasteiger partial charge in [0.2, 0.25) is 11.8 Å². The van der Waals surface area contributed by atoms with Crippen LogP contribution in [0.5, 0.6) is 0 Å². The summed E-state index contributed by atoms with van der Waals surface area (Å²) in [6.07, 6.45) is 1.44. The number of carbonyl (C=O) groups excluding carboxylic acids is 2. The van der Waals surface area contributed by atoms with Crippen LogP contribution in [-0.2, 0) is 29.0 Å². The van der Waals surface area contributed by atoms with Crippen molar-refractivity contribution in [3.05, 3.63) is 105 Å². The number of amides is 2. The molecular formula is C28H30BrClN2O2. The molecule has 0 aliphatic carbocycles. The van der Waals surface area contributed by atoms with Gasteiger partial charge in [-0.15, -0.1) is 0 Å². The van der Waals surface area contributed by atoms with Crippen molar-refractivity contribution in [3.8, 4) is 0 Å². The highest BCUT2D eigenvalue weighted by molar-refractivity contribution is 9.10. The Morgan fingerprint density at radius 1 is 0.941 bits per heavy atom. The maximum Gasteiger partial charge on any atom is 0.243 e. The standard InChI is InChI=1S/C28H30BrClN2O2/c1-3-20(2)31-28(34)26(17-21-8-5-4-6-9-21)32(19-23-10-7-11-24(29)16-23)27(33)18-22-12-14-25(30)15-13-22/h4-16,20,26H,3,17-19H2,1-2H3,(H,31,34). The Hall–Kier alpha value is -2.63. The van der Waals surface area contributed by atoms with Crippen LogP contribution in [-0.4, -0.2) is 28.8 Å². The van der Waals surface area contributed by atoms with E-state index < -0.39 is 6.04 Å². The van der Waals surface area contributed by atoms with Crippen LogP contribution in [0.1, 0.15) is 37.0 Å². The van der Waals surface area contributed by atoms with Crippen molar-refractivity contribution < 1.29 is 9.59 Å². The van der Waals surface area contributed by atoms with Crippen LogP contribution in [0.3, 0.4) is 0 Å². The predicted octanol–water partition coefficient (Wildman–Crippen LogP) is 6.20. The highest BCUT2D eigenvalue weighted by atomic mass is 79.9. The molecule has 178 valence electrons. The summed E-state index contributed by atoms with van der Waals surface area (Å²) in [5.74, 6) is -0.250. The third kappa shape index (κ3) is 7.71. The van der Waals surface area contributed by atoms with Gasteiger partial charge in [0, 0.05) is 28.5 Å². The molecule has 0 spiro atoms. The van der Waals surface area contributed by atoms with E-state index in [0.717, 1.165) is 27.6 Å². The average molecular weight is 542 g/mol. The summed E-state index contributed by atoms with van der Waals surface area (Å²) < 4.78 is 0.929. The molecule has 0 saturated carbocycles. The molecule has 2 atom stereocenters. The second-order valence-corrected chi connectivity index (χ2v) is 9.83. The quantitative estimate of drug-likeness (QED) is 0.332. The van der Waals surface area contributed by atoms with Crippen molar-refractivity contribution in [2.24, 2.45) is 0 Å². The van der Waals surface area contributed by atoms with Crippen molar-refractivity contribution in [2.75, 3.05) is 0 Å². The molecule has 1 N–H and O–H groups in total. The van der Waals surface area contributed by atoms with Gasteiger partial charge in [-0.1, -0.05) is 89.1 Å². The molecule has 0 aliphatic rings. The van der Waals surface area contributed by atoms with Crippen molar-refractivity contribution in [1.29, 1.82) is 0 Å². The van der Waals surface area contributed by atoms with Crippen molar-refractivity contribution in [1.82, 2.24) is 10.2 Å². The average Bonchev–Trinajstić information content (AvgIpc) is 2.83. The van der Waals surface area contributed by atoms with Crippen LogP contribution in [0, 0.1) is 0 Å². The molecule has 3 rings (SSSR count). The predicted molar refractivity (Wildman–Crippen MR) is 142 cm³/mol. The van der Waals surface area contributed by atoms with E-state index in [-0.39, 0.29) is 24.3 Å². The normalized spacial score (nSPS) is 12.6. The summed E-state index contributed by atoms with van der Waals surface area (Å²) in [4.78, 5) is 28.9. The van der Waals surface area contributed by atoms with E-state index in [1.165, 1.54) is 0 Å². The van der Waals surface area contributed by atoms with Gasteiger partial charge in [-0.25, -0.2) is 0 Å². The third-order valence-electron chi connectivity index (χ3n) is 5.78. The van der Waals surface area contributed by atoms with Crippen LogP contribution in [0.4, 0.5) is 0 Å². The summed E-state index contributed by atoms with van der Waals surface area (Å²) in [7, 11) is 0. The van der Waals surface area contributed by atoms with Crippen LogP contribution in [0.25, 0.3) is 0 Å². The molecule has 0 bridgehead atoms. The SMILES string of the molecule is CCC(C)NC(=O)C(Cc1ccccc1)N(Cc1cccc(Br)c1)C(=O)Cc1ccc(Cl)cc1. The Morgan fingerprint density at radius 2 is 1.62 bits per heavy atom. The molecule has 4 nitrogen and oxygen atoms in total. The van der Waals surface area contributed by atoms with E-state index in [4.69, 9.17) is 11.6 Å². The molecule has 0 aromatic heterocycles. The molecule has 6 heteroatoms. The van der Waals surface area contributed by atoms with Gasteiger partial charge in [0.25, 0.3) is 0 Å². The Kier molecular flexibility index (Phi) is 9.73. The van der Waals surface area contributed by atoms with E-state index in [2.05, 4.69) is 21.2 Å². The van der Waals surface area contributed by atoms with E-state index in [1.807, 2.05) is 80.6 Å². The van der Waals surface area contributed by atoms with E-state index >= 15 is 0 Å². The lowest BCUT2D eigenvalue weighted by Gasteiger charge is -2.32. The maximum absolute atomic E-state index is 13.7. The minimum atomic E-state index is -0.643. The Bertz CT molecular complexity index is 1090. The fourth-order valence-corrected chi connectivity index (χ4v) is 4.28. The number of hydrogen-bond donors (Lipinski definition) is 1. The Morgan fingerprint density at radius 3 is 2.26 bits per heavy atom. The first-order valence-electron chi connectivity index (χ1n) is 11.5. The largest absolute Gasteiger partial charge is 0.352 e. The molecule has 2 amide bonds. The molecule has 3 aromatic rings. The second-order valence-electron chi connectivity index (χ2n) is 8.48. The topological polar surface area (TPSA) is 49.4 Å². The first kappa shape index (κ1) is 26.0. The van der Waals surface area contributed by atoms with Crippen LogP contribution in [0.2, 0.25) is 5.02 Å². The lowest BCUT2D eigenvalue weighted by Crippen LogP contribution is -2.52. The van der Waals surface area contributed by atoms with E-state index in [9.17, 15) is 9.59 Å². The molecule has 0 fully saturated rings. The molecule has 0 radical (unpaired) electrons. The molecule has 0 saturated heterocycles. The van der Waals surface area contributed by atoms with Gasteiger partial charge in [-0.3, -0.25) is 9.59 Å². The fourth-order valence-electron chi connectivity index (χ4n) is 3.71. The van der Waals surface area contributed by atoms with Gasteiger partial charge >= 0.3 is 0 Å². The van der Waals surface area contributed by atoms with Crippen molar-refractivity contribution >= 4 is 39.3 Å². The summed E-state index contributed by atoms with van der Waals surface area (Å²) in [5, 5.41) is 3.72. The summed E-state index contributed by atoms with van der Waals surface area (Å²) in [5.41, 5.74) is 2.81. The van der Waals surface area contributed by atoms with Crippen molar-refractivity contribution in [3.63, 3.8) is 0 Å². The third-order valence-corrected chi connectivity index (χ3v) is 6.53. The number of nitrogens with zero attached hydrogens (tertiary/aromatic N) is 1. The first-order valence-corrected chi connectivity index (χ1v) is 12.7. The zero-order chi connectivity index (χ0) is 24.5. The Labute approximate surface area is 215 Å². The van der Waals surface area contributed by atoms with Gasteiger partial charge < -0.3 is 10.2 Å². The van der Waals surface area contributed by atoms with Gasteiger partial charge in [0.05, 0.1) is 6.42 Å². The molecule has 34 heavy (non-hydrogen) atoms. The summed E-state index contributed by atoms with van der Waals surface area (Å²) in [6.45, 7) is 4.34. The fraction of sp³-hybridized carbons (Fsp3) is 0.286. The van der Waals surface area contributed by atoms with Crippen LogP contribution in [0.15, 0.2) is 83.3 Å². The maximum atomic E-state index is 13.7. The van der Waals surface area contributed by atoms with Gasteiger partial charge in [0.1, 0.15) is 6.04 Å². The lowest BCUT2D eigenvalue weighted by atomic mass is 10.0. The van der Waals surface area contributed by atoms with Gasteiger partial charge in [-0.05, 0) is 54.3 Å². The Balaban J connectivity index is 1.96. The highest BCUT2D eigenvalue weighted by Gasteiger charge is 2.31. The smallest absolute Gasteiger partial charge is 0.243 e. The lowest BCUT2D eigenvalue weighted by molar-refractivity contribution is -0.141. The number of halogens is 2. The zero-order valence-electron chi connectivity index (χ0n) is 19.5. The number of carbonyl (C=O) groups is 2. The molecular weight excluding hydrogens is 512 g/mol. The van der Waals surface area contributed by atoms with Gasteiger partial charge in [0.15, 0.2) is 0 Å². The number of nitrogens with one attached hydrogen (secondary N) is 1.